The first-order chi connectivity index (χ1) is 12.5. The van der Waals surface area contributed by atoms with Crippen molar-refractivity contribution in [2.24, 2.45) is 0 Å². The molecule has 0 spiro atoms. The molecule has 3 heterocycles. The molecular weight excluding hydrogens is 357 g/mol. The number of rotatable bonds is 4. The zero-order valence-electron chi connectivity index (χ0n) is 14.0. The molecule has 0 saturated carbocycles. The summed E-state index contributed by atoms with van der Waals surface area (Å²) in [6, 6.07) is 4.05. The van der Waals surface area contributed by atoms with Gasteiger partial charge in [-0.25, -0.2) is 13.9 Å². The molecule has 0 bridgehead atoms. The minimum Gasteiger partial charge on any atom is -0.355 e. The fourth-order valence-electron chi connectivity index (χ4n) is 3.07. The van der Waals surface area contributed by atoms with Crippen LogP contribution in [0.1, 0.15) is 28.6 Å². The molecule has 9 heteroatoms. The maximum Gasteiger partial charge on any atom is 0.228 e. The Balaban J connectivity index is 1.42. The van der Waals surface area contributed by atoms with Crippen LogP contribution in [0.4, 0.5) is 10.1 Å². The van der Waals surface area contributed by atoms with Crippen molar-refractivity contribution in [3.05, 3.63) is 46.5 Å². The van der Waals surface area contributed by atoms with E-state index in [1.807, 2.05) is 13.1 Å². The fraction of sp³-hybridized carbons (Fsp3) is 0.294. The molecule has 1 aromatic carbocycles. The lowest BCUT2D eigenvalue weighted by molar-refractivity contribution is -0.126. The molecule has 7 nitrogen and oxygen atoms in total. The van der Waals surface area contributed by atoms with Gasteiger partial charge in [-0.3, -0.25) is 9.59 Å². The minimum absolute atomic E-state index is 0.00565. The lowest BCUT2D eigenvalue weighted by atomic mass is 9.89. The molecule has 2 amide bonds. The smallest absolute Gasteiger partial charge is 0.228 e. The van der Waals surface area contributed by atoms with Crippen LogP contribution in [0, 0.1) is 12.7 Å². The molecule has 2 N–H and O–H groups in total. The first-order valence-corrected chi connectivity index (χ1v) is 9.00. The van der Waals surface area contributed by atoms with Crippen molar-refractivity contribution in [3.8, 4) is 0 Å². The van der Waals surface area contributed by atoms with Crippen LogP contribution in [-0.4, -0.2) is 33.0 Å². The van der Waals surface area contributed by atoms with Crippen LogP contribution in [0.15, 0.2) is 24.4 Å². The van der Waals surface area contributed by atoms with E-state index in [0.29, 0.717) is 24.2 Å². The zero-order valence-corrected chi connectivity index (χ0v) is 14.8. The quantitative estimate of drug-likeness (QED) is 0.732. The van der Waals surface area contributed by atoms with Crippen molar-refractivity contribution in [1.29, 1.82) is 0 Å². The molecule has 0 radical (unpaired) electrons. The molecule has 0 saturated heterocycles. The minimum atomic E-state index is -0.691. The lowest BCUT2D eigenvalue weighted by Crippen LogP contribution is -2.36. The van der Waals surface area contributed by atoms with Crippen LogP contribution >= 0.6 is 11.3 Å². The first kappa shape index (κ1) is 16.6. The number of aryl methyl sites for hydroxylation is 1. The number of benzene rings is 1. The van der Waals surface area contributed by atoms with Gasteiger partial charge in [0.05, 0.1) is 17.8 Å². The number of fused-ring (bicyclic) bond motifs is 2. The van der Waals surface area contributed by atoms with Gasteiger partial charge in [-0.15, -0.1) is 0 Å². The Morgan fingerprint density at radius 1 is 1.50 bits per heavy atom. The monoisotopic (exact) mass is 373 g/mol. The molecular formula is C17H16FN5O2S. The predicted molar refractivity (Wildman–Crippen MR) is 94.7 cm³/mol. The van der Waals surface area contributed by atoms with Crippen LogP contribution in [0.2, 0.25) is 0 Å². The Morgan fingerprint density at radius 3 is 3.15 bits per heavy atom. The van der Waals surface area contributed by atoms with E-state index in [9.17, 15) is 14.0 Å². The van der Waals surface area contributed by atoms with Crippen molar-refractivity contribution in [2.75, 3.05) is 11.9 Å². The van der Waals surface area contributed by atoms with E-state index < -0.39 is 11.7 Å². The van der Waals surface area contributed by atoms with Gasteiger partial charge >= 0.3 is 0 Å². The van der Waals surface area contributed by atoms with Crippen molar-refractivity contribution < 1.29 is 14.0 Å². The Bertz CT molecular complexity index is 980. The lowest BCUT2D eigenvalue weighted by Gasteiger charge is -2.24. The number of amides is 2. The SMILES string of the molecule is Cc1nn2cc(CCNC(=O)C3CC(=O)Nc4ccc(F)cc43)nc2s1. The summed E-state index contributed by atoms with van der Waals surface area (Å²) in [6.45, 7) is 2.30. The summed E-state index contributed by atoms with van der Waals surface area (Å²) in [7, 11) is 0. The summed E-state index contributed by atoms with van der Waals surface area (Å²) in [5.74, 6) is -1.66. The van der Waals surface area contributed by atoms with Gasteiger partial charge in [-0.05, 0) is 30.7 Å². The fourth-order valence-corrected chi connectivity index (χ4v) is 3.81. The van der Waals surface area contributed by atoms with Gasteiger partial charge in [0.25, 0.3) is 0 Å². The highest BCUT2D eigenvalue weighted by Gasteiger charge is 2.30. The topological polar surface area (TPSA) is 88.4 Å². The Labute approximate surface area is 152 Å². The normalized spacial score (nSPS) is 16.4. The molecule has 4 rings (SSSR count). The average Bonchev–Trinajstić information content (AvgIpc) is 3.11. The number of nitrogens with zero attached hydrogens (tertiary/aromatic N) is 3. The van der Waals surface area contributed by atoms with Crippen molar-refractivity contribution >= 4 is 33.8 Å². The second kappa shape index (κ2) is 6.49. The molecule has 1 atom stereocenters. The van der Waals surface area contributed by atoms with Crippen LogP contribution < -0.4 is 10.6 Å². The van der Waals surface area contributed by atoms with Gasteiger partial charge < -0.3 is 10.6 Å². The number of aromatic nitrogens is 3. The highest BCUT2D eigenvalue weighted by Crippen LogP contribution is 2.32. The largest absolute Gasteiger partial charge is 0.355 e. The maximum atomic E-state index is 13.5. The van der Waals surface area contributed by atoms with Gasteiger partial charge in [0.1, 0.15) is 10.8 Å². The van der Waals surface area contributed by atoms with Crippen molar-refractivity contribution in [1.82, 2.24) is 19.9 Å². The predicted octanol–water partition coefficient (Wildman–Crippen LogP) is 2.02. The number of anilines is 1. The molecule has 0 aliphatic carbocycles. The van der Waals surface area contributed by atoms with E-state index in [1.54, 1.807) is 4.52 Å². The van der Waals surface area contributed by atoms with E-state index in [4.69, 9.17) is 0 Å². The number of nitrogens with one attached hydrogen (secondary N) is 2. The van der Waals surface area contributed by atoms with Gasteiger partial charge in [0.2, 0.25) is 16.8 Å². The third-order valence-electron chi connectivity index (χ3n) is 4.24. The number of carbonyl (C=O) groups is 2. The van der Waals surface area contributed by atoms with Crippen LogP contribution in [0.25, 0.3) is 4.96 Å². The maximum absolute atomic E-state index is 13.5. The number of halogens is 1. The molecule has 3 aromatic rings. The van der Waals surface area contributed by atoms with E-state index >= 15 is 0 Å². The second-order valence-corrected chi connectivity index (χ2v) is 7.32. The van der Waals surface area contributed by atoms with Gasteiger partial charge in [-0.1, -0.05) is 11.3 Å². The summed E-state index contributed by atoms with van der Waals surface area (Å²) in [5, 5.41) is 10.7. The molecule has 2 aromatic heterocycles. The summed E-state index contributed by atoms with van der Waals surface area (Å²) < 4.78 is 15.3. The van der Waals surface area contributed by atoms with Crippen LogP contribution in [0.3, 0.4) is 0 Å². The van der Waals surface area contributed by atoms with Gasteiger partial charge in [0, 0.05) is 25.1 Å². The van der Waals surface area contributed by atoms with E-state index in [1.165, 1.54) is 29.5 Å². The molecule has 1 aliphatic heterocycles. The summed E-state index contributed by atoms with van der Waals surface area (Å²) in [6.07, 6.45) is 2.39. The van der Waals surface area contributed by atoms with Gasteiger partial charge in [0.15, 0.2) is 0 Å². The molecule has 26 heavy (non-hydrogen) atoms. The van der Waals surface area contributed by atoms with E-state index in [0.717, 1.165) is 15.7 Å². The number of hydrogen-bond acceptors (Lipinski definition) is 5. The molecule has 1 unspecified atom stereocenters. The highest BCUT2D eigenvalue weighted by atomic mass is 32.1. The number of hydrogen-bond donors (Lipinski definition) is 2. The number of imidazole rings is 1. The standard InChI is InChI=1S/C17H16FN5O2S/c1-9-22-23-8-11(20-17(23)26-9)4-5-19-16(25)13-7-15(24)21-14-3-2-10(18)6-12(13)14/h2-3,6,8,13H,4-5,7H2,1H3,(H,19,25)(H,21,24). The van der Waals surface area contributed by atoms with Crippen LogP contribution in [0.5, 0.6) is 0 Å². The summed E-state index contributed by atoms with van der Waals surface area (Å²) in [4.78, 5) is 29.6. The summed E-state index contributed by atoms with van der Waals surface area (Å²) in [5.41, 5.74) is 1.82. The molecule has 0 fully saturated rings. The third kappa shape index (κ3) is 3.17. The molecule has 134 valence electrons. The van der Waals surface area contributed by atoms with Crippen molar-refractivity contribution in [2.45, 2.75) is 25.7 Å². The first-order valence-electron chi connectivity index (χ1n) is 8.18. The van der Waals surface area contributed by atoms with Crippen LogP contribution in [-0.2, 0) is 16.0 Å². The highest BCUT2D eigenvalue weighted by molar-refractivity contribution is 7.16. The summed E-state index contributed by atoms with van der Waals surface area (Å²) >= 11 is 1.50. The Kier molecular flexibility index (Phi) is 4.15. The third-order valence-corrected chi connectivity index (χ3v) is 5.08. The average molecular weight is 373 g/mol. The number of carbonyl (C=O) groups excluding carboxylic acids is 2. The van der Waals surface area contributed by atoms with E-state index in [2.05, 4.69) is 20.7 Å². The van der Waals surface area contributed by atoms with E-state index in [-0.39, 0.29) is 18.2 Å². The van der Waals surface area contributed by atoms with Crippen molar-refractivity contribution in [3.63, 3.8) is 0 Å². The Morgan fingerprint density at radius 2 is 2.35 bits per heavy atom. The molecule has 1 aliphatic rings. The Hall–Kier alpha value is -2.81. The zero-order chi connectivity index (χ0) is 18.3. The second-order valence-electron chi connectivity index (χ2n) is 6.16. The van der Waals surface area contributed by atoms with Gasteiger partial charge in [-0.2, -0.15) is 5.10 Å².